The lowest BCUT2D eigenvalue weighted by Gasteiger charge is -2.15. The molecule has 4 aromatic rings. The van der Waals surface area contributed by atoms with Gasteiger partial charge in [-0.05, 0) is 42.0 Å². The Morgan fingerprint density at radius 1 is 1.03 bits per heavy atom. The maximum Gasteiger partial charge on any atom is 0.251 e. The fourth-order valence-corrected chi connectivity index (χ4v) is 3.49. The lowest BCUT2D eigenvalue weighted by Crippen LogP contribution is -2.26. The molecular weight excluding hydrogens is 381 g/mol. The fraction of sp³-hybridized carbons (Fsp3) is 0.167. The number of nitrogens with one attached hydrogen (secondary N) is 1. The van der Waals surface area contributed by atoms with Crippen LogP contribution in [0, 0.1) is 5.82 Å². The van der Waals surface area contributed by atoms with Gasteiger partial charge in [0.05, 0.1) is 23.7 Å². The van der Waals surface area contributed by atoms with Crippen LogP contribution in [0.1, 0.15) is 27.8 Å². The molecule has 4 rings (SSSR count). The maximum absolute atomic E-state index is 13.6. The van der Waals surface area contributed by atoms with Gasteiger partial charge in [-0.3, -0.25) is 4.79 Å². The van der Waals surface area contributed by atoms with E-state index in [1.54, 1.807) is 24.3 Å². The number of para-hydroxylation sites is 2. The van der Waals surface area contributed by atoms with Crippen LogP contribution in [0.25, 0.3) is 11.0 Å². The number of carbonyl (C=O) groups excluding carboxylic acids is 1. The van der Waals surface area contributed by atoms with Gasteiger partial charge in [0, 0.05) is 18.5 Å². The predicted molar refractivity (Wildman–Crippen MR) is 114 cm³/mol. The summed E-state index contributed by atoms with van der Waals surface area (Å²) in [4.78, 5) is 16.9. The van der Waals surface area contributed by atoms with Crippen molar-refractivity contribution in [1.29, 1.82) is 0 Å². The molecule has 152 valence electrons. The number of aliphatic hydroxyl groups excluding tert-OH is 1. The predicted octanol–water partition coefficient (Wildman–Crippen LogP) is 3.88. The quantitative estimate of drug-likeness (QED) is 0.492. The number of aromatic nitrogens is 2. The van der Waals surface area contributed by atoms with Crippen molar-refractivity contribution >= 4 is 16.9 Å². The number of nitrogens with zero attached hydrogens (tertiary/aromatic N) is 2. The van der Waals surface area contributed by atoms with Crippen LogP contribution in [-0.4, -0.2) is 27.1 Å². The molecule has 0 aliphatic rings. The minimum absolute atomic E-state index is 0.141. The van der Waals surface area contributed by atoms with E-state index in [0.29, 0.717) is 24.1 Å². The molecule has 3 aromatic carbocycles. The lowest BCUT2D eigenvalue weighted by atomic mass is 10.1. The van der Waals surface area contributed by atoms with Crippen molar-refractivity contribution < 1.29 is 14.3 Å². The molecule has 0 aliphatic carbocycles. The summed E-state index contributed by atoms with van der Waals surface area (Å²) in [5, 5.41) is 13.6. The van der Waals surface area contributed by atoms with Crippen molar-refractivity contribution in [2.45, 2.75) is 19.1 Å². The normalized spacial score (nSPS) is 12.1. The highest BCUT2D eigenvalue weighted by Gasteiger charge is 2.16. The van der Waals surface area contributed by atoms with Crippen molar-refractivity contribution in [2.75, 3.05) is 6.54 Å². The van der Waals surface area contributed by atoms with Gasteiger partial charge in [-0.15, -0.1) is 0 Å². The van der Waals surface area contributed by atoms with Gasteiger partial charge in [-0.25, -0.2) is 9.37 Å². The lowest BCUT2D eigenvalue weighted by molar-refractivity contribution is 0.0953. The van der Waals surface area contributed by atoms with Crippen molar-refractivity contribution in [1.82, 2.24) is 14.9 Å². The SMILES string of the molecule is O=C(NCCc1nc2ccccc2n1CC(O)c1cccc(F)c1)c1ccccc1. The Labute approximate surface area is 173 Å². The zero-order chi connectivity index (χ0) is 20.9. The molecular formula is C24H22FN3O2. The Morgan fingerprint density at radius 3 is 2.60 bits per heavy atom. The van der Waals surface area contributed by atoms with Crippen molar-refractivity contribution in [3.8, 4) is 0 Å². The van der Waals surface area contributed by atoms with E-state index in [0.717, 1.165) is 16.9 Å². The van der Waals surface area contributed by atoms with Crippen LogP contribution in [0.15, 0.2) is 78.9 Å². The number of imidazole rings is 1. The van der Waals surface area contributed by atoms with E-state index < -0.39 is 6.10 Å². The van der Waals surface area contributed by atoms with Crippen LogP contribution in [-0.2, 0) is 13.0 Å². The van der Waals surface area contributed by atoms with E-state index >= 15 is 0 Å². The van der Waals surface area contributed by atoms with Crippen LogP contribution in [0.4, 0.5) is 4.39 Å². The third-order valence-electron chi connectivity index (χ3n) is 4.99. The number of halogens is 1. The molecule has 1 unspecified atom stereocenters. The van der Waals surface area contributed by atoms with Gasteiger partial charge < -0.3 is 15.0 Å². The number of benzene rings is 3. The van der Waals surface area contributed by atoms with E-state index in [1.807, 2.05) is 47.0 Å². The summed E-state index contributed by atoms with van der Waals surface area (Å²) in [5.74, 6) is 0.226. The number of carbonyl (C=O) groups is 1. The molecule has 1 atom stereocenters. The number of amides is 1. The van der Waals surface area contributed by atoms with E-state index in [-0.39, 0.29) is 18.3 Å². The second-order valence-electron chi connectivity index (χ2n) is 7.07. The number of rotatable bonds is 7. The van der Waals surface area contributed by atoms with Crippen LogP contribution < -0.4 is 5.32 Å². The standard InChI is InChI=1S/C24H22FN3O2/c25-19-10-6-9-18(15-19)22(29)16-28-21-12-5-4-11-20(21)27-23(28)13-14-26-24(30)17-7-2-1-3-8-17/h1-12,15,22,29H,13-14,16H2,(H,26,30). The molecule has 0 bridgehead atoms. The summed E-state index contributed by atoms with van der Waals surface area (Å²) in [7, 11) is 0. The van der Waals surface area contributed by atoms with Crippen LogP contribution in [0.3, 0.4) is 0 Å². The summed E-state index contributed by atoms with van der Waals surface area (Å²) < 4.78 is 15.5. The molecule has 0 radical (unpaired) electrons. The van der Waals surface area contributed by atoms with Gasteiger partial charge >= 0.3 is 0 Å². The molecule has 1 heterocycles. The summed E-state index contributed by atoms with van der Waals surface area (Å²) in [6, 6.07) is 22.7. The number of hydrogen-bond acceptors (Lipinski definition) is 3. The highest BCUT2D eigenvalue weighted by molar-refractivity contribution is 5.94. The van der Waals surface area contributed by atoms with Crippen LogP contribution in [0.5, 0.6) is 0 Å². The summed E-state index contributed by atoms with van der Waals surface area (Å²) in [6.45, 7) is 0.652. The monoisotopic (exact) mass is 403 g/mol. The Bertz CT molecular complexity index is 1160. The first-order valence-corrected chi connectivity index (χ1v) is 9.83. The topological polar surface area (TPSA) is 67.2 Å². The number of fused-ring (bicyclic) bond motifs is 1. The summed E-state index contributed by atoms with van der Waals surface area (Å²) >= 11 is 0. The molecule has 30 heavy (non-hydrogen) atoms. The minimum atomic E-state index is -0.879. The van der Waals surface area contributed by atoms with Gasteiger partial charge in [0.2, 0.25) is 0 Å². The molecule has 1 amide bonds. The van der Waals surface area contributed by atoms with E-state index in [9.17, 15) is 14.3 Å². The average molecular weight is 403 g/mol. The largest absolute Gasteiger partial charge is 0.387 e. The first kappa shape index (κ1) is 19.8. The molecule has 0 saturated heterocycles. The second kappa shape index (κ2) is 8.88. The maximum atomic E-state index is 13.6. The number of aliphatic hydroxyl groups is 1. The van der Waals surface area contributed by atoms with Gasteiger partial charge in [-0.2, -0.15) is 0 Å². The van der Waals surface area contributed by atoms with E-state index in [1.165, 1.54) is 12.1 Å². The van der Waals surface area contributed by atoms with E-state index in [4.69, 9.17) is 0 Å². The molecule has 0 saturated carbocycles. The van der Waals surface area contributed by atoms with Gasteiger partial charge in [0.25, 0.3) is 5.91 Å². The van der Waals surface area contributed by atoms with Gasteiger partial charge in [0.15, 0.2) is 0 Å². The molecule has 0 aliphatic heterocycles. The zero-order valence-electron chi connectivity index (χ0n) is 16.3. The Morgan fingerprint density at radius 2 is 1.80 bits per heavy atom. The first-order chi connectivity index (χ1) is 14.6. The van der Waals surface area contributed by atoms with Crippen LogP contribution >= 0.6 is 0 Å². The molecule has 5 nitrogen and oxygen atoms in total. The van der Waals surface area contributed by atoms with Crippen molar-refractivity contribution in [2.24, 2.45) is 0 Å². The van der Waals surface area contributed by atoms with E-state index in [2.05, 4.69) is 10.3 Å². The Kier molecular flexibility index (Phi) is 5.86. The molecule has 0 fully saturated rings. The van der Waals surface area contributed by atoms with Crippen LogP contribution in [0.2, 0.25) is 0 Å². The zero-order valence-corrected chi connectivity index (χ0v) is 16.3. The molecule has 0 spiro atoms. The molecule has 6 heteroatoms. The van der Waals surface area contributed by atoms with Gasteiger partial charge in [0.1, 0.15) is 11.6 Å². The Balaban J connectivity index is 1.52. The van der Waals surface area contributed by atoms with Crippen molar-refractivity contribution in [3.63, 3.8) is 0 Å². The smallest absolute Gasteiger partial charge is 0.251 e. The average Bonchev–Trinajstić information content (AvgIpc) is 3.11. The van der Waals surface area contributed by atoms with Crippen molar-refractivity contribution in [3.05, 3.63) is 102 Å². The minimum Gasteiger partial charge on any atom is -0.387 e. The summed E-state index contributed by atoms with van der Waals surface area (Å²) in [5.41, 5.74) is 2.81. The second-order valence-corrected chi connectivity index (χ2v) is 7.07. The first-order valence-electron chi connectivity index (χ1n) is 9.83. The molecule has 1 aromatic heterocycles. The highest BCUT2D eigenvalue weighted by atomic mass is 19.1. The highest BCUT2D eigenvalue weighted by Crippen LogP contribution is 2.22. The third kappa shape index (κ3) is 4.39. The van der Waals surface area contributed by atoms with Gasteiger partial charge in [-0.1, -0.05) is 42.5 Å². The number of hydrogen-bond donors (Lipinski definition) is 2. The summed E-state index contributed by atoms with van der Waals surface area (Å²) in [6.07, 6.45) is -0.376. The molecule has 2 N–H and O–H groups in total. The Hall–Kier alpha value is -3.51. The fourth-order valence-electron chi connectivity index (χ4n) is 3.49. The third-order valence-corrected chi connectivity index (χ3v) is 4.99.